The van der Waals surface area contributed by atoms with E-state index in [0.717, 1.165) is 6.26 Å². The van der Waals surface area contributed by atoms with E-state index in [0.29, 0.717) is 10.6 Å². The number of ether oxygens (including phenoxy) is 1. The molecule has 1 saturated carbocycles. The molecule has 1 N–H and O–H groups in total. The molecule has 1 aromatic rings. The topological polar surface area (TPSA) is 80.7 Å². The van der Waals surface area contributed by atoms with Gasteiger partial charge in [-0.05, 0) is 17.7 Å². The fraction of sp³-hybridized carbons (Fsp3) is 0.462. The number of carbonyl (C=O) groups is 1. The van der Waals surface area contributed by atoms with E-state index in [1.165, 1.54) is 7.11 Å². The molecular weight excluding hydrogens is 304 g/mol. The molecule has 2 rings (SSSR count). The van der Waals surface area contributed by atoms with Crippen LogP contribution >= 0.6 is 11.6 Å². The third-order valence-corrected chi connectivity index (χ3v) is 5.60. The van der Waals surface area contributed by atoms with Crippen LogP contribution in [-0.2, 0) is 19.4 Å². The van der Waals surface area contributed by atoms with Crippen LogP contribution in [0, 0.1) is 5.41 Å². The molecular formula is C13H15ClO5S. The average molecular weight is 319 g/mol. The van der Waals surface area contributed by atoms with Crippen LogP contribution in [0.2, 0.25) is 5.02 Å². The molecule has 0 bridgehead atoms. The lowest BCUT2D eigenvalue weighted by Gasteiger charge is -2.11. The van der Waals surface area contributed by atoms with Crippen molar-refractivity contribution in [3.63, 3.8) is 0 Å². The summed E-state index contributed by atoms with van der Waals surface area (Å²) in [5, 5.41) is 9.02. The van der Waals surface area contributed by atoms with Gasteiger partial charge in [0, 0.05) is 24.3 Å². The standard InChI is InChI=1S/C13H15ClO5S/c1-19-7-13(12(15)16)10(11(13)20(2,17)18)8-3-5-9(14)6-4-8/h3-6,10-11H,7H2,1-2H3,(H,15,16)/t10-,11+,13-/m1/s1. The number of halogens is 1. The second-order valence-corrected chi connectivity index (χ2v) is 7.66. The number of aliphatic carboxylic acids is 1. The zero-order chi connectivity index (χ0) is 15.1. The number of methoxy groups -OCH3 is 1. The maximum absolute atomic E-state index is 11.9. The van der Waals surface area contributed by atoms with Gasteiger partial charge in [-0.15, -0.1) is 0 Å². The van der Waals surface area contributed by atoms with Crippen molar-refractivity contribution in [3.05, 3.63) is 34.9 Å². The Balaban J connectivity index is 2.49. The van der Waals surface area contributed by atoms with Gasteiger partial charge in [0.05, 0.1) is 11.9 Å². The number of carboxylic acid groups (broad SMARTS) is 1. The molecule has 0 spiro atoms. The van der Waals surface area contributed by atoms with Gasteiger partial charge in [0.15, 0.2) is 9.84 Å². The number of hydrogen-bond acceptors (Lipinski definition) is 4. The summed E-state index contributed by atoms with van der Waals surface area (Å²) >= 11 is 5.80. The van der Waals surface area contributed by atoms with Crippen LogP contribution in [-0.4, -0.2) is 44.7 Å². The Hall–Kier alpha value is -1.11. The first kappa shape index (κ1) is 15.3. The highest BCUT2D eigenvalue weighted by atomic mass is 35.5. The van der Waals surface area contributed by atoms with Gasteiger partial charge in [-0.25, -0.2) is 8.42 Å². The molecule has 0 radical (unpaired) electrons. The minimum Gasteiger partial charge on any atom is -0.481 e. The zero-order valence-corrected chi connectivity index (χ0v) is 12.6. The Kier molecular flexibility index (Phi) is 3.83. The first-order chi connectivity index (χ1) is 9.25. The lowest BCUT2D eigenvalue weighted by Crippen LogP contribution is -2.28. The van der Waals surface area contributed by atoms with Gasteiger partial charge in [-0.3, -0.25) is 4.79 Å². The Morgan fingerprint density at radius 1 is 1.40 bits per heavy atom. The van der Waals surface area contributed by atoms with Crippen molar-refractivity contribution in [2.45, 2.75) is 11.2 Å². The van der Waals surface area contributed by atoms with Crippen molar-refractivity contribution in [2.24, 2.45) is 5.41 Å². The van der Waals surface area contributed by atoms with Crippen LogP contribution in [0.4, 0.5) is 0 Å². The molecule has 110 valence electrons. The summed E-state index contributed by atoms with van der Waals surface area (Å²) in [6.07, 6.45) is 1.06. The summed E-state index contributed by atoms with van der Waals surface area (Å²) < 4.78 is 28.7. The lowest BCUT2D eigenvalue weighted by atomic mass is 10.0. The van der Waals surface area contributed by atoms with Gasteiger partial charge < -0.3 is 9.84 Å². The highest BCUT2D eigenvalue weighted by molar-refractivity contribution is 7.91. The third-order valence-electron chi connectivity index (χ3n) is 3.73. The highest BCUT2D eigenvalue weighted by Crippen LogP contribution is 2.63. The highest BCUT2D eigenvalue weighted by Gasteiger charge is 2.74. The monoisotopic (exact) mass is 318 g/mol. The van der Waals surface area contributed by atoms with Gasteiger partial charge in [-0.1, -0.05) is 23.7 Å². The molecule has 0 aromatic heterocycles. The predicted molar refractivity (Wildman–Crippen MR) is 74.8 cm³/mol. The molecule has 5 nitrogen and oxygen atoms in total. The lowest BCUT2D eigenvalue weighted by molar-refractivity contribution is -0.145. The molecule has 0 aliphatic heterocycles. The van der Waals surface area contributed by atoms with Crippen LogP contribution < -0.4 is 0 Å². The fourth-order valence-corrected chi connectivity index (χ4v) is 4.92. The summed E-state index contributed by atoms with van der Waals surface area (Å²) in [5.41, 5.74) is -0.778. The molecule has 0 saturated heterocycles. The largest absolute Gasteiger partial charge is 0.481 e. The Morgan fingerprint density at radius 2 is 1.95 bits per heavy atom. The van der Waals surface area contributed by atoms with E-state index in [4.69, 9.17) is 16.3 Å². The van der Waals surface area contributed by atoms with Crippen molar-refractivity contribution in [1.29, 1.82) is 0 Å². The number of hydrogen-bond donors (Lipinski definition) is 1. The van der Waals surface area contributed by atoms with Gasteiger partial charge in [0.1, 0.15) is 5.41 Å². The van der Waals surface area contributed by atoms with E-state index in [1.54, 1.807) is 24.3 Å². The van der Waals surface area contributed by atoms with Gasteiger partial charge in [-0.2, -0.15) is 0 Å². The summed E-state index contributed by atoms with van der Waals surface area (Å²) in [4.78, 5) is 11.6. The molecule has 0 unspecified atom stereocenters. The second-order valence-electron chi connectivity index (χ2n) is 5.06. The number of benzene rings is 1. The summed E-state index contributed by atoms with van der Waals surface area (Å²) in [6.45, 7) is -0.145. The smallest absolute Gasteiger partial charge is 0.314 e. The van der Waals surface area contributed by atoms with Crippen LogP contribution in [0.5, 0.6) is 0 Å². The van der Waals surface area contributed by atoms with Crippen LogP contribution in [0.15, 0.2) is 24.3 Å². The van der Waals surface area contributed by atoms with Crippen molar-refractivity contribution in [2.75, 3.05) is 20.0 Å². The van der Waals surface area contributed by atoms with E-state index in [1.807, 2.05) is 0 Å². The minimum absolute atomic E-state index is 0.145. The molecule has 1 aromatic carbocycles. The normalized spacial score (nSPS) is 29.1. The van der Waals surface area contributed by atoms with E-state index < -0.39 is 32.4 Å². The van der Waals surface area contributed by atoms with Gasteiger partial charge >= 0.3 is 5.97 Å². The van der Waals surface area contributed by atoms with E-state index in [2.05, 4.69) is 0 Å². The zero-order valence-electron chi connectivity index (χ0n) is 11.0. The maximum Gasteiger partial charge on any atom is 0.314 e. The molecule has 1 aliphatic carbocycles. The van der Waals surface area contributed by atoms with E-state index >= 15 is 0 Å². The first-order valence-corrected chi connectivity index (χ1v) is 8.25. The number of sulfone groups is 1. The molecule has 1 aliphatic rings. The van der Waals surface area contributed by atoms with Crippen LogP contribution in [0.3, 0.4) is 0 Å². The minimum atomic E-state index is -3.51. The quantitative estimate of drug-likeness (QED) is 0.891. The van der Waals surface area contributed by atoms with Gasteiger partial charge in [0.25, 0.3) is 0 Å². The molecule has 0 heterocycles. The summed E-state index contributed by atoms with van der Waals surface area (Å²) in [5.74, 6) is -1.78. The van der Waals surface area contributed by atoms with Crippen molar-refractivity contribution >= 4 is 27.4 Å². The van der Waals surface area contributed by atoms with Gasteiger partial charge in [0.2, 0.25) is 0 Å². The molecule has 20 heavy (non-hydrogen) atoms. The number of rotatable bonds is 5. The summed E-state index contributed by atoms with van der Waals surface area (Å²) in [7, 11) is -2.14. The summed E-state index contributed by atoms with van der Waals surface area (Å²) in [6, 6.07) is 6.55. The molecule has 3 atom stereocenters. The first-order valence-electron chi connectivity index (χ1n) is 5.92. The predicted octanol–water partition coefficient (Wildman–Crippen LogP) is 1.57. The van der Waals surface area contributed by atoms with Crippen LogP contribution in [0.1, 0.15) is 11.5 Å². The second kappa shape index (κ2) is 5.02. The van der Waals surface area contributed by atoms with Crippen molar-refractivity contribution in [3.8, 4) is 0 Å². The van der Waals surface area contributed by atoms with E-state index in [-0.39, 0.29) is 6.61 Å². The Labute approximate surface area is 122 Å². The molecule has 1 fully saturated rings. The van der Waals surface area contributed by atoms with Crippen LogP contribution in [0.25, 0.3) is 0 Å². The van der Waals surface area contributed by atoms with E-state index in [9.17, 15) is 18.3 Å². The Bertz CT molecular complexity index is 625. The number of carboxylic acids is 1. The molecule has 7 heteroatoms. The molecule has 0 amide bonds. The third kappa shape index (κ3) is 2.32. The Morgan fingerprint density at radius 3 is 2.35 bits per heavy atom. The SMILES string of the molecule is COC[C@@]1(C(=O)O)[C@H](c2ccc(Cl)cc2)[C@@H]1S(C)(=O)=O. The van der Waals surface area contributed by atoms with Crippen molar-refractivity contribution < 1.29 is 23.1 Å². The fourth-order valence-electron chi connectivity index (χ4n) is 2.90. The van der Waals surface area contributed by atoms with Crippen molar-refractivity contribution in [1.82, 2.24) is 0 Å². The maximum atomic E-state index is 11.9. The average Bonchev–Trinajstić information content (AvgIpc) is 3.01.